The number of Topliss-reactive ketones (excluding diaryl/α,β-unsaturated/α-hetero) is 1. The minimum Gasteiger partial charge on any atom is -0.463 e. The van der Waals surface area contributed by atoms with Crippen LogP contribution in [0, 0.1) is 0 Å². The molecule has 0 aromatic heterocycles. The summed E-state index contributed by atoms with van der Waals surface area (Å²) < 4.78 is 38.1. The van der Waals surface area contributed by atoms with Gasteiger partial charge in [0.1, 0.15) is 0 Å². The third-order valence-corrected chi connectivity index (χ3v) is 2.04. The average Bonchev–Trinajstić information content (AvgIpc) is 2.60. The molecule has 0 unspecified atom stereocenters. The van der Waals surface area contributed by atoms with Crippen molar-refractivity contribution < 1.29 is 32.6 Å². The summed E-state index contributed by atoms with van der Waals surface area (Å²) in [7, 11) is 1.01. The number of para-hydroxylation sites is 1. The summed E-state index contributed by atoms with van der Waals surface area (Å²) in [6, 6.07) is 3.66. The predicted octanol–water partition coefficient (Wildman–Crippen LogP) is 1.36. The zero-order valence-corrected chi connectivity index (χ0v) is 8.53. The van der Waals surface area contributed by atoms with Crippen molar-refractivity contribution in [3.63, 3.8) is 0 Å². The number of esters is 1. The molecule has 1 aliphatic heterocycles. The molecule has 1 aromatic rings. The molecule has 0 N–H and O–H groups in total. The monoisotopic (exact) mass is 244 g/mol. The molecule has 17 heavy (non-hydrogen) atoms. The Bertz CT molecular complexity index is 497. The second-order valence-corrected chi connectivity index (χ2v) is 3.12. The first-order valence-corrected chi connectivity index (χ1v) is 4.46. The number of halogens is 2. The van der Waals surface area contributed by atoms with E-state index in [-0.39, 0.29) is 11.3 Å². The Morgan fingerprint density at radius 2 is 2.00 bits per heavy atom. The van der Waals surface area contributed by atoms with Crippen LogP contribution in [0.2, 0.25) is 0 Å². The SMILES string of the molecule is COC(=O)C(=O)c1cccc2c1OC(F)(F)O2. The van der Waals surface area contributed by atoms with Crippen LogP contribution in [0.3, 0.4) is 0 Å². The maximum atomic E-state index is 12.8. The van der Waals surface area contributed by atoms with Crippen LogP contribution in [0.15, 0.2) is 18.2 Å². The van der Waals surface area contributed by atoms with Gasteiger partial charge in [0.25, 0.3) is 5.78 Å². The first-order chi connectivity index (χ1) is 7.94. The number of carbonyl (C=O) groups is 2. The quantitative estimate of drug-likeness (QED) is 0.446. The maximum absolute atomic E-state index is 12.8. The average molecular weight is 244 g/mol. The van der Waals surface area contributed by atoms with Crippen molar-refractivity contribution in [3.05, 3.63) is 23.8 Å². The van der Waals surface area contributed by atoms with Crippen LogP contribution in [0.5, 0.6) is 11.5 Å². The number of methoxy groups -OCH3 is 1. The van der Waals surface area contributed by atoms with E-state index in [4.69, 9.17) is 0 Å². The Hall–Kier alpha value is -2.18. The molecule has 1 heterocycles. The second kappa shape index (κ2) is 3.69. The summed E-state index contributed by atoms with van der Waals surface area (Å²) in [6.07, 6.45) is -3.84. The zero-order chi connectivity index (χ0) is 12.6. The zero-order valence-electron chi connectivity index (χ0n) is 8.53. The van der Waals surface area contributed by atoms with E-state index in [2.05, 4.69) is 14.2 Å². The Balaban J connectivity index is 2.43. The molecule has 5 nitrogen and oxygen atoms in total. The van der Waals surface area contributed by atoms with E-state index in [1.165, 1.54) is 18.2 Å². The molecular formula is C10H6F2O5. The van der Waals surface area contributed by atoms with Gasteiger partial charge in [-0.3, -0.25) is 4.79 Å². The normalized spacial score (nSPS) is 15.5. The Morgan fingerprint density at radius 3 is 2.65 bits per heavy atom. The van der Waals surface area contributed by atoms with Gasteiger partial charge in [-0.15, -0.1) is 8.78 Å². The van der Waals surface area contributed by atoms with Gasteiger partial charge in [0.15, 0.2) is 11.5 Å². The van der Waals surface area contributed by atoms with Gasteiger partial charge in [-0.25, -0.2) is 4.79 Å². The van der Waals surface area contributed by atoms with Gasteiger partial charge in [-0.05, 0) is 12.1 Å². The molecule has 1 aromatic carbocycles. The van der Waals surface area contributed by atoms with Crippen LogP contribution in [-0.2, 0) is 9.53 Å². The largest absolute Gasteiger partial charge is 0.586 e. The van der Waals surface area contributed by atoms with E-state index < -0.39 is 23.8 Å². The van der Waals surface area contributed by atoms with Gasteiger partial charge < -0.3 is 14.2 Å². The fraction of sp³-hybridized carbons (Fsp3) is 0.200. The summed E-state index contributed by atoms with van der Waals surface area (Å²) in [5.74, 6) is -3.01. The smallest absolute Gasteiger partial charge is 0.463 e. The molecule has 0 saturated heterocycles. The van der Waals surface area contributed by atoms with Crippen LogP contribution in [0.25, 0.3) is 0 Å². The maximum Gasteiger partial charge on any atom is 0.586 e. The third-order valence-electron chi connectivity index (χ3n) is 2.04. The Labute approximate surface area is 93.9 Å². The second-order valence-electron chi connectivity index (χ2n) is 3.12. The first kappa shape index (κ1) is 11.3. The van der Waals surface area contributed by atoms with E-state index in [0.29, 0.717) is 0 Å². The van der Waals surface area contributed by atoms with Crippen molar-refractivity contribution >= 4 is 11.8 Å². The summed E-state index contributed by atoms with van der Waals surface area (Å²) in [4.78, 5) is 22.5. The molecule has 1 aliphatic rings. The highest BCUT2D eigenvalue weighted by Gasteiger charge is 2.45. The lowest BCUT2D eigenvalue weighted by atomic mass is 10.1. The van der Waals surface area contributed by atoms with E-state index in [1.54, 1.807) is 0 Å². The van der Waals surface area contributed by atoms with Crippen molar-refractivity contribution in [3.8, 4) is 11.5 Å². The van der Waals surface area contributed by atoms with Crippen LogP contribution >= 0.6 is 0 Å². The summed E-state index contributed by atoms with van der Waals surface area (Å²) in [5, 5.41) is 0. The van der Waals surface area contributed by atoms with Gasteiger partial charge in [0.05, 0.1) is 12.7 Å². The minimum absolute atomic E-state index is 0.301. The van der Waals surface area contributed by atoms with Crippen LogP contribution in [-0.4, -0.2) is 25.2 Å². The number of alkyl halides is 2. The molecule has 0 fully saturated rings. The number of fused-ring (bicyclic) bond motifs is 1. The number of hydrogen-bond acceptors (Lipinski definition) is 5. The highest BCUT2D eigenvalue weighted by atomic mass is 19.3. The lowest BCUT2D eigenvalue weighted by Crippen LogP contribution is -2.26. The molecule has 7 heteroatoms. The number of rotatable bonds is 2. The number of carbonyl (C=O) groups excluding carboxylic acids is 2. The molecule has 0 spiro atoms. The van der Waals surface area contributed by atoms with Crippen molar-refractivity contribution in [2.45, 2.75) is 6.29 Å². The summed E-state index contributed by atoms with van der Waals surface area (Å²) in [5.41, 5.74) is -0.327. The lowest BCUT2D eigenvalue weighted by molar-refractivity contribution is -0.286. The van der Waals surface area contributed by atoms with E-state index in [9.17, 15) is 18.4 Å². The van der Waals surface area contributed by atoms with Crippen molar-refractivity contribution in [1.29, 1.82) is 0 Å². The summed E-state index contributed by atoms with van der Waals surface area (Å²) in [6.45, 7) is 0. The highest BCUT2D eigenvalue weighted by molar-refractivity contribution is 6.41. The molecule has 2 rings (SSSR count). The van der Waals surface area contributed by atoms with Crippen LogP contribution in [0.4, 0.5) is 8.78 Å². The topological polar surface area (TPSA) is 61.8 Å². The molecule has 0 radical (unpaired) electrons. The van der Waals surface area contributed by atoms with Crippen LogP contribution < -0.4 is 9.47 Å². The fourth-order valence-electron chi connectivity index (χ4n) is 1.35. The molecule has 90 valence electrons. The Morgan fingerprint density at radius 1 is 1.29 bits per heavy atom. The van der Waals surface area contributed by atoms with E-state index >= 15 is 0 Å². The molecule has 0 aliphatic carbocycles. The number of benzene rings is 1. The van der Waals surface area contributed by atoms with E-state index in [1.807, 2.05) is 0 Å². The van der Waals surface area contributed by atoms with Gasteiger partial charge in [0.2, 0.25) is 0 Å². The molecule has 0 atom stereocenters. The number of hydrogen-bond donors (Lipinski definition) is 0. The van der Waals surface area contributed by atoms with Crippen LogP contribution in [0.1, 0.15) is 10.4 Å². The molecule has 0 bridgehead atoms. The fourth-order valence-corrected chi connectivity index (χ4v) is 1.35. The molecule has 0 saturated carbocycles. The number of ether oxygens (including phenoxy) is 3. The van der Waals surface area contributed by atoms with Gasteiger partial charge in [-0.2, -0.15) is 0 Å². The van der Waals surface area contributed by atoms with E-state index in [0.717, 1.165) is 7.11 Å². The number of ketones is 1. The van der Waals surface area contributed by atoms with Crippen molar-refractivity contribution in [1.82, 2.24) is 0 Å². The summed E-state index contributed by atoms with van der Waals surface area (Å²) >= 11 is 0. The highest BCUT2D eigenvalue weighted by Crippen LogP contribution is 2.43. The minimum atomic E-state index is -3.84. The first-order valence-electron chi connectivity index (χ1n) is 4.46. The van der Waals surface area contributed by atoms with Gasteiger partial charge in [-0.1, -0.05) is 6.07 Å². The predicted molar refractivity (Wildman–Crippen MR) is 49.0 cm³/mol. The third kappa shape index (κ3) is 1.91. The van der Waals surface area contributed by atoms with Crippen molar-refractivity contribution in [2.24, 2.45) is 0 Å². The molecule has 0 amide bonds. The Kier molecular flexibility index (Phi) is 2.45. The lowest BCUT2D eigenvalue weighted by Gasteiger charge is -2.05. The molecular weight excluding hydrogens is 238 g/mol. The van der Waals surface area contributed by atoms with Crippen molar-refractivity contribution in [2.75, 3.05) is 7.11 Å². The van der Waals surface area contributed by atoms with Gasteiger partial charge >= 0.3 is 12.3 Å². The standard InChI is InChI=1S/C10H6F2O5/c1-15-9(14)7(13)5-3-2-4-6-8(5)17-10(11,12)16-6/h2-4H,1H3. The van der Waals surface area contributed by atoms with Gasteiger partial charge in [0, 0.05) is 0 Å².